The van der Waals surface area contributed by atoms with Gasteiger partial charge in [-0.25, -0.2) is 4.79 Å². The third kappa shape index (κ3) is 4.71. The zero-order chi connectivity index (χ0) is 24.9. The second kappa shape index (κ2) is 9.47. The topological polar surface area (TPSA) is 26.3 Å². The van der Waals surface area contributed by atoms with Crippen LogP contribution < -0.4 is 0 Å². The summed E-state index contributed by atoms with van der Waals surface area (Å²) in [6.07, 6.45) is 8.89. The van der Waals surface area contributed by atoms with Crippen LogP contribution in [0.5, 0.6) is 0 Å². The van der Waals surface area contributed by atoms with Crippen LogP contribution >= 0.6 is 0 Å². The molecule has 3 fully saturated rings. The van der Waals surface area contributed by atoms with Gasteiger partial charge in [0.15, 0.2) is 0 Å². The first-order valence-electron chi connectivity index (χ1n) is 13.8. The summed E-state index contributed by atoms with van der Waals surface area (Å²) in [5, 5.41) is 0. The van der Waals surface area contributed by atoms with Crippen LogP contribution in [0.2, 0.25) is 0 Å². The van der Waals surface area contributed by atoms with Gasteiger partial charge in [-0.1, -0.05) is 65.5 Å². The van der Waals surface area contributed by atoms with Gasteiger partial charge in [0.05, 0.1) is 0 Å². The van der Waals surface area contributed by atoms with E-state index in [1.807, 2.05) is 0 Å². The number of carbonyl (C=O) groups is 1. The van der Waals surface area contributed by atoms with Gasteiger partial charge in [0.2, 0.25) is 0 Å². The molecular weight excluding hydrogens is 437 g/mol. The molecule has 0 amide bonds. The number of allylic oxidation sites excluding steroid dienone is 1. The van der Waals surface area contributed by atoms with Gasteiger partial charge in [-0.2, -0.15) is 13.2 Å². The molecule has 0 aromatic rings. The number of hydrogen-bond acceptors (Lipinski definition) is 2. The molecule has 34 heavy (non-hydrogen) atoms. The Morgan fingerprint density at radius 3 is 2.47 bits per heavy atom. The molecule has 4 rings (SSSR count). The molecule has 0 spiro atoms. The lowest BCUT2D eigenvalue weighted by atomic mass is 9.47. The monoisotopic (exact) mass is 482 g/mol. The number of ether oxygens (including phenoxy) is 1. The third-order valence-electron chi connectivity index (χ3n) is 10.8. The Labute approximate surface area is 204 Å². The van der Waals surface area contributed by atoms with Crippen molar-refractivity contribution in [2.24, 2.45) is 46.3 Å². The van der Waals surface area contributed by atoms with E-state index in [2.05, 4.69) is 40.7 Å². The number of esters is 1. The van der Waals surface area contributed by atoms with Crippen LogP contribution in [0.15, 0.2) is 11.6 Å². The van der Waals surface area contributed by atoms with E-state index < -0.39 is 18.2 Å². The summed E-state index contributed by atoms with van der Waals surface area (Å²) in [5.41, 5.74) is 1.73. The number of alkyl halides is 3. The molecule has 2 nitrogen and oxygen atoms in total. The van der Waals surface area contributed by atoms with Crippen molar-refractivity contribution >= 4 is 5.97 Å². The quantitative estimate of drug-likeness (QED) is 0.280. The van der Waals surface area contributed by atoms with Crippen LogP contribution in [0.25, 0.3) is 0 Å². The first-order chi connectivity index (χ1) is 15.9. The van der Waals surface area contributed by atoms with E-state index >= 15 is 0 Å². The second-order valence-corrected chi connectivity index (χ2v) is 13.1. The van der Waals surface area contributed by atoms with E-state index in [4.69, 9.17) is 4.74 Å². The van der Waals surface area contributed by atoms with Gasteiger partial charge in [-0.3, -0.25) is 0 Å². The van der Waals surface area contributed by atoms with Crippen molar-refractivity contribution in [1.82, 2.24) is 0 Å². The van der Waals surface area contributed by atoms with E-state index in [1.54, 1.807) is 0 Å². The molecule has 3 saturated carbocycles. The lowest BCUT2D eigenvalue weighted by Gasteiger charge is -2.58. The van der Waals surface area contributed by atoms with Crippen molar-refractivity contribution in [2.75, 3.05) is 0 Å². The lowest BCUT2D eigenvalue weighted by molar-refractivity contribution is -0.206. The number of fused-ring (bicyclic) bond motifs is 5. The minimum Gasteiger partial charge on any atom is -0.455 e. The molecule has 0 heterocycles. The minimum atomic E-state index is -4.91. The standard InChI is InChI=1S/C29H45F3O2/c1-18(2)7-6-8-19(3)23-11-12-24-22-10-9-20-17-21(34-26(33)29(30,31)32)13-15-27(20,4)25(22)14-16-28(23,24)5/h9,18-19,21-25H,6-8,10-17H2,1-5H3/t19-,21-,22+,23-,24+,25+,27-,28-/m0/s1. The van der Waals surface area contributed by atoms with Crippen LogP contribution in [-0.4, -0.2) is 18.2 Å². The summed E-state index contributed by atoms with van der Waals surface area (Å²) in [7, 11) is 0. The summed E-state index contributed by atoms with van der Waals surface area (Å²) in [5.74, 6) is 2.42. The van der Waals surface area contributed by atoms with Gasteiger partial charge in [0.25, 0.3) is 0 Å². The fourth-order valence-corrected chi connectivity index (χ4v) is 8.97. The van der Waals surface area contributed by atoms with Gasteiger partial charge in [-0.15, -0.1) is 0 Å². The second-order valence-electron chi connectivity index (χ2n) is 13.1. The molecular formula is C29H45F3O2. The van der Waals surface area contributed by atoms with Crippen LogP contribution in [0, 0.1) is 46.3 Å². The number of hydrogen-bond donors (Lipinski definition) is 0. The molecule has 8 atom stereocenters. The Balaban J connectivity index is 1.44. The molecule has 194 valence electrons. The van der Waals surface area contributed by atoms with Crippen molar-refractivity contribution in [2.45, 2.75) is 118 Å². The third-order valence-corrected chi connectivity index (χ3v) is 10.8. The largest absolute Gasteiger partial charge is 0.490 e. The van der Waals surface area contributed by atoms with E-state index in [0.717, 1.165) is 36.5 Å². The SMILES string of the molecule is CC(C)CCC[C@H](C)[C@@H]1CC[C@@H]2[C@H]3CC=C4C[C@@H](OC(=O)C(F)(F)F)CC[C@]4(C)[C@@H]3CC[C@]21C. The fraction of sp³-hybridized carbons (Fsp3) is 0.897. The smallest absolute Gasteiger partial charge is 0.455 e. The Morgan fingerprint density at radius 1 is 1.06 bits per heavy atom. The predicted molar refractivity (Wildman–Crippen MR) is 129 cm³/mol. The van der Waals surface area contributed by atoms with Crippen LogP contribution in [0.1, 0.15) is 105 Å². The maximum absolute atomic E-state index is 12.7. The molecule has 5 heteroatoms. The van der Waals surface area contributed by atoms with E-state index in [9.17, 15) is 18.0 Å². The van der Waals surface area contributed by atoms with Crippen LogP contribution in [0.3, 0.4) is 0 Å². The van der Waals surface area contributed by atoms with Crippen LogP contribution in [-0.2, 0) is 9.53 Å². The van der Waals surface area contributed by atoms with E-state index in [-0.39, 0.29) is 5.41 Å². The van der Waals surface area contributed by atoms with Crippen molar-refractivity contribution in [3.8, 4) is 0 Å². The van der Waals surface area contributed by atoms with E-state index in [1.165, 1.54) is 50.5 Å². The molecule has 0 aromatic heterocycles. The maximum atomic E-state index is 12.7. The average molecular weight is 483 g/mol. The van der Waals surface area contributed by atoms with Gasteiger partial charge < -0.3 is 4.74 Å². The maximum Gasteiger partial charge on any atom is 0.490 e. The molecule has 0 unspecified atom stereocenters. The predicted octanol–water partition coefficient (Wildman–Crippen LogP) is 8.50. The molecule has 4 aliphatic carbocycles. The molecule has 0 aromatic carbocycles. The van der Waals surface area contributed by atoms with Gasteiger partial charge in [-0.05, 0) is 91.3 Å². The van der Waals surface area contributed by atoms with Gasteiger partial charge in [0, 0.05) is 6.42 Å². The minimum absolute atomic E-state index is 0.0480. The van der Waals surface area contributed by atoms with Crippen molar-refractivity contribution in [3.63, 3.8) is 0 Å². The molecule has 0 saturated heterocycles. The molecule has 4 aliphatic rings. The lowest BCUT2D eigenvalue weighted by Crippen LogP contribution is -2.51. The highest BCUT2D eigenvalue weighted by Crippen LogP contribution is 2.67. The molecule has 0 N–H and O–H groups in total. The first kappa shape index (κ1) is 26.1. The highest BCUT2D eigenvalue weighted by molar-refractivity contribution is 5.75. The normalized spacial score (nSPS) is 40.7. The van der Waals surface area contributed by atoms with Crippen molar-refractivity contribution < 1.29 is 22.7 Å². The van der Waals surface area contributed by atoms with Crippen LogP contribution in [0.4, 0.5) is 13.2 Å². The Hall–Kier alpha value is -1.00. The Morgan fingerprint density at radius 2 is 1.79 bits per heavy atom. The highest BCUT2D eigenvalue weighted by Gasteiger charge is 2.59. The van der Waals surface area contributed by atoms with Crippen molar-refractivity contribution in [3.05, 3.63) is 11.6 Å². The summed E-state index contributed by atoms with van der Waals surface area (Å²) in [6.45, 7) is 12.1. The summed E-state index contributed by atoms with van der Waals surface area (Å²) < 4.78 is 42.9. The number of carbonyl (C=O) groups excluding carboxylic acids is 1. The summed E-state index contributed by atoms with van der Waals surface area (Å²) >= 11 is 0. The summed E-state index contributed by atoms with van der Waals surface area (Å²) in [6, 6.07) is 0. The Kier molecular flexibility index (Phi) is 7.26. The number of rotatable bonds is 6. The fourth-order valence-electron chi connectivity index (χ4n) is 8.97. The average Bonchev–Trinajstić information content (AvgIpc) is 3.10. The van der Waals surface area contributed by atoms with E-state index in [0.29, 0.717) is 30.1 Å². The van der Waals surface area contributed by atoms with Crippen molar-refractivity contribution in [1.29, 1.82) is 0 Å². The molecule has 0 aliphatic heterocycles. The van der Waals surface area contributed by atoms with Gasteiger partial charge in [0.1, 0.15) is 6.10 Å². The van der Waals surface area contributed by atoms with Gasteiger partial charge >= 0.3 is 12.1 Å². The summed E-state index contributed by atoms with van der Waals surface area (Å²) in [4.78, 5) is 11.4. The highest BCUT2D eigenvalue weighted by atomic mass is 19.4. The molecule has 0 radical (unpaired) electrons. The Bertz CT molecular complexity index is 787. The first-order valence-corrected chi connectivity index (χ1v) is 13.8. The zero-order valence-corrected chi connectivity index (χ0v) is 21.8. The molecule has 0 bridgehead atoms. The number of halogens is 3. The zero-order valence-electron chi connectivity index (χ0n) is 21.8.